The van der Waals surface area contributed by atoms with Crippen LogP contribution in [0.5, 0.6) is 5.75 Å². The number of aliphatic carboxylic acids is 1. The predicted octanol–water partition coefficient (Wildman–Crippen LogP) is 3.70. The maximum absolute atomic E-state index is 12.6. The van der Waals surface area contributed by atoms with Crippen LogP contribution >= 0.6 is 0 Å². The van der Waals surface area contributed by atoms with Crippen molar-refractivity contribution in [2.75, 3.05) is 0 Å². The largest absolute Gasteiger partial charge is 0.478 e. The molecular weight excluding hydrogens is 342 g/mol. The van der Waals surface area contributed by atoms with Gasteiger partial charge in [0.2, 0.25) is 5.76 Å². The van der Waals surface area contributed by atoms with Crippen LogP contribution in [0.4, 0.5) is 5.69 Å². The number of carboxylic acid groups (broad SMARTS) is 1. The molecule has 8 nitrogen and oxygen atoms in total. The number of hydrogen-bond donors (Lipinski definition) is 1. The van der Waals surface area contributed by atoms with Crippen molar-refractivity contribution < 1.29 is 29.1 Å². The van der Waals surface area contributed by atoms with Crippen molar-refractivity contribution >= 4 is 17.6 Å². The van der Waals surface area contributed by atoms with Crippen molar-refractivity contribution in [2.24, 2.45) is 5.41 Å². The van der Waals surface area contributed by atoms with Gasteiger partial charge in [0.25, 0.3) is 5.69 Å². The molecule has 0 saturated heterocycles. The second-order valence-corrected chi connectivity index (χ2v) is 7.62. The van der Waals surface area contributed by atoms with Crippen LogP contribution in [-0.4, -0.2) is 27.6 Å². The van der Waals surface area contributed by atoms with Gasteiger partial charge in [0, 0.05) is 6.07 Å². The summed E-state index contributed by atoms with van der Waals surface area (Å²) in [4.78, 5) is 34.6. The fourth-order valence-corrected chi connectivity index (χ4v) is 2.06. The SMILES string of the molecule is CC(C)(C)OC(=O)C(Oc1cccc([N+](=O)[O-])c1)=C(C(=O)O)C(C)(C)C. The van der Waals surface area contributed by atoms with Crippen LogP contribution < -0.4 is 4.74 Å². The van der Waals surface area contributed by atoms with E-state index in [0.717, 1.165) is 6.07 Å². The first kappa shape index (κ1) is 21.1. The van der Waals surface area contributed by atoms with Gasteiger partial charge in [-0.2, -0.15) is 0 Å². The number of ether oxygens (including phenoxy) is 2. The van der Waals surface area contributed by atoms with Crippen LogP contribution in [0.25, 0.3) is 0 Å². The predicted molar refractivity (Wildman–Crippen MR) is 93.7 cm³/mol. The van der Waals surface area contributed by atoms with Gasteiger partial charge < -0.3 is 14.6 Å². The third-order valence-electron chi connectivity index (χ3n) is 3.02. The first-order valence-electron chi connectivity index (χ1n) is 7.86. The fourth-order valence-electron chi connectivity index (χ4n) is 2.06. The van der Waals surface area contributed by atoms with E-state index in [2.05, 4.69) is 0 Å². The highest BCUT2D eigenvalue weighted by Crippen LogP contribution is 2.32. The van der Waals surface area contributed by atoms with Gasteiger partial charge in [0.05, 0.1) is 16.6 Å². The summed E-state index contributed by atoms with van der Waals surface area (Å²) in [5, 5.41) is 20.5. The molecular formula is C18H23NO7. The summed E-state index contributed by atoms with van der Waals surface area (Å²) < 4.78 is 10.7. The highest BCUT2D eigenvalue weighted by atomic mass is 16.6. The molecule has 0 unspecified atom stereocenters. The topological polar surface area (TPSA) is 116 Å². The minimum absolute atomic E-state index is 0.0388. The average Bonchev–Trinajstić information content (AvgIpc) is 2.43. The van der Waals surface area contributed by atoms with E-state index >= 15 is 0 Å². The number of carboxylic acids is 1. The van der Waals surface area contributed by atoms with Crippen molar-refractivity contribution in [1.29, 1.82) is 0 Å². The molecule has 0 bridgehead atoms. The van der Waals surface area contributed by atoms with Crippen LogP contribution in [-0.2, 0) is 14.3 Å². The molecule has 26 heavy (non-hydrogen) atoms. The smallest absolute Gasteiger partial charge is 0.375 e. The van der Waals surface area contributed by atoms with E-state index in [1.165, 1.54) is 18.2 Å². The quantitative estimate of drug-likeness (QED) is 0.278. The van der Waals surface area contributed by atoms with Crippen molar-refractivity contribution in [3.05, 3.63) is 45.7 Å². The number of carbonyl (C=O) groups is 2. The number of non-ortho nitro benzene ring substituents is 1. The molecule has 1 aromatic carbocycles. The maximum atomic E-state index is 12.6. The Bertz CT molecular complexity index is 752. The van der Waals surface area contributed by atoms with Gasteiger partial charge in [-0.25, -0.2) is 9.59 Å². The molecule has 1 N–H and O–H groups in total. The summed E-state index contributed by atoms with van der Waals surface area (Å²) in [6, 6.07) is 5.12. The Balaban J connectivity index is 3.50. The van der Waals surface area contributed by atoms with E-state index in [1.54, 1.807) is 41.5 Å². The molecule has 0 aromatic heterocycles. The monoisotopic (exact) mass is 365 g/mol. The zero-order valence-corrected chi connectivity index (χ0v) is 15.7. The van der Waals surface area contributed by atoms with Crippen molar-refractivity contribution in [1.82, 2.24) is 0 Å². The molecule has 0 heterocycles. The molecule has 0 fully saturated rings. The van der Waals surface area contributed by atoms with Crippen LogP contribution in [0.15, 0.2) is 35.6 Å². The number of esters is 1. The van der Waals surface area contributed by atoms with E-state index in [-0.39, 0.29) is 17.0 Å². The second-order valence-electron chi connectivity index (χ2n) is 7.62. The van der Waals surface area contributed by atoms with Gasteiger partial charge in [-0.3, -0.25) is 10.1 Å². The molecule has 142 valence electrons. The first-order chi connectivity index (χ1) is 11.7. The molecule has 0 radical (unpaired) electrons. The Hall–Kier alpha value is -2.90. The number of carbonyl (C=O) groups excluding carboxylic acids is 1. The Morgan fingerprint density at radius 3 is 2.12 bits per heavy atom. The maximum Gasteiger partial charge on any atom is 0.375 e. The van der Waals surface area contributed by atoms with E-state index < -0.39 is 33.6 Å². The summed E-state index contributed by atoms with van der Waals surface area (Å²) in [5.74, 6) is -2.86. The van der Waals surface area contributed by atoms with Crippen LogP contribution in [0.3, 0.4) is 0 Å². The normalized spacial score (nSPS) is 12.8. The van der Waals surface area contributed by atoms with E-state index in [9.17, 15) is 24.8 Å². The highest BCUT2D eigenvalue weighted by Gasteiger charge is 2.35. The molecule has 0 aliphatic heterocycles. The van der Waals surface area contributed by atoms with Crippen molar-refractivity contribution in [2.45, 2.75) is 47.1 Å². The van der Waals surface area contributed by atoms with Gasteiger partial charge in [-0.15, -0.1) is 0 Å². The fraction of sp³-hybridized carbons (Fsp3) is 0.444. The molecule has 0 aliphatic carbocycles. The number of benzene rings is 1. The van der Waals surface area contributed by atoms with Crippen LogP contribution in [0.2, 0.25) is 0 Å². The Morgan fingerprint density at radius 2 is 1.69 bits per heavy atom. The Kier molecular flexibility index (Phi) is 6.14. The van der Waals surface area contributed by atoms with Gasteiger partial charge in [0.1, 0.15) is 11.4 Å². The zero-order valence-electron chi connectivity index (χ0n) is 15.7. The van der Waals surface area contributed by atoms with Gasteiger partial charge in [-0.05, 0) is 32.3 Å². The third kappa shape index (κ3) is 5.87. The average molecular weight is 365 g/mol. The number of nitro benzene ring substituents is 1. The van der Waals surface area contributed by atoms with Crippen molar-refractivity contribution in [3.63, 3.8) is 0 Å². The number of nitrogens with zero attached hydrogens (tertiary/aromatic N) is 1. The molecule has 0 atom stereocenters. The van der Waals surface area contributed by atoms with Crippen LogP contribution in [0.1, 0.15) is 41.5 Å². The van der Waals surface area contributed by atoms with Gasteiger partial charge in [-0.1, -0.05) is 26.8 Å². The number of hydrogen-bond acceptors (Lipinski definition) is 6. The standard InChI is InChI=1S/C18H23NO7/c1-17(2,3)13(15(20)21)14(16(22)26-18(4,5)6)25-12-9-7-8-11(10-12)19(23)24/h7-10H,1-6H3,(H,20,21). The summed E-state index contributed by atoms with van der Waals surface area (Å²) in [6.07, 6.45) is 0. The molecule has 0 amide bonds. The molecule has 0 saturated carbocycles. The highest BCUT2D eigenvalue weighted by molar-refractivity contribution is 5.99. The lowest BCUT2D eigenvalue weighted by Gasteiger charge is -2.25. The number of nitro groups is 1. The molecule has 1 rings (SSSR count). The van der Waals surface area contributed by atoms with E-state index in [1.807, 2.05) is 0 Å². The van der Waals surface area contributed by atoms with Crippen molar-refractivity contribution in [3.8, 4) is 5.75 Å². The number of rotatable bonds is 5. The minimum Gasteiger partial charge on any atom is -0.478 e. The second kappa shape index (κ2) is 7.55. The summed E-state index contributed by atoms with van der Waals surface area (Å²) in [5.41, 5.74) is -2.37. The Labute approximate surface area is 151 Å². The van der Waals surface area contributed by atoms with E-state index in [4.69, 9.17) is 9.47 Å². The van der Waals surface area contributed by atoms with E-state index in [0.29, 0.717) is 0 Å². The lowest BCUT2D eigenvalue weighted by atomic mass is 9.85. The Morgan fingerprint density at radius 1 is 1.12 bits per heavy atom. The molecule has 0 spiro atoms. The lowest BCUT2D eigenvalue weighted by molar-refractivity contribution is -0.384. The minimum atomic E-state index is -1.34. The third-order valence-corrected chi connectivity index (χ3v) is 3.02. The summed E-state index contributed by atoms with van der Waals surface area (Å²) in [7, 11) is 0. The van der Waals surface area contributed by atoms with Gasteiger partial charge >= 0.3 is 11.9 Å². The zero-order chi connectivity index (χ0) is 20.3. The molecule has 0 aliphatic rings. The first-order valence-corrected chi connectivity index (χ1v) is 7.86. The summed E-state index contributed by atoms with van der Waals surface area (Å²) >= 11 is 0. The lowest BCUT2D eigenvalue weighted by Crippen LogP contribution is -2.31. The van der Waals surface area contributed by atoms with Crippen LogP contribution in [0, 0.1) is 15.5 Å². The molecule has 1 aromatic rings. The molecule has 8 heteroatoms. The van der Waals surface area contributed by atoms with Gasteiger partial charge in [0.15, 0.2) is 0 Å². The summed E-state index contributed by atoms with van der Waals surface area (Å²) in [6.45, 7) is 9.72.